The Kier molecular flexibility index (Phi) is 4.44. The molecule has 122 valence electrons. The summed E-state index contributed by atoms with van der Waals surface area (Å²) in [4.78, 5) is 0. The van der Waals surface area contributed by atoms with Crippen molar-refractivity contribution in [2.75, 3.05) is 0 Å². The standard InChI is InChI=1S/C23H24O/c1-4-17-15-16-20(24)22(21(17)18-11-7-5-8-12-18)23(2,3)19-13-9-6-10-14-19/h5-16,24H,4H2,1-3H3. The molecule has 0 aliphatic carbocycles. The van der Waals surface area contributed by atoms with Crippen LogP contribution in [0.4, 0.5) is 0 Å². The average molecular weight is 316 g/mol. The molecule has 24 heavy (non-hydrogen) atoms. The van der Waals surface area contributed by atoms with Gasteiger partial charge in [0.15, 0.2) is 0 Å². The van der Waals surface area contributed by atoms with Crippen LogP contribution in [0.1, 0.15) is 37.5 Å². The Hall–Kier alpha value is -2.54. The summed E-state index contributed by atoms with van der Waals surface area (Å²) in [5.74, 6) is 0.361. The van der Waals surface area contributed by atoms with Crippen LogP contribution in [0.3, 0.4) is 0 Å². The van der Waals surface area contributed by atoms with Crippen LogP contribution < -0.4 is 0 Å². The molecule has 0 aliphatic heterocycles. The van der Waals surface area contributed by atoms with Crippen LogP contribution in [0.25, 0.3) is 11.1 Å². The van der Waals surface area contributed by atoms with E-state index >= 15 is 0 Å². The molecule has 0 spiro atoms. The predicted molar refractivity (Wildman–Crippen MR) is 101 cm³/mol. The van der Waals surface area contributed by atoms with Crippen molar-refractivity contribution in [1.29, 1.82) is 0 Å². The number of rotatable bonds is 4. The van der Waals surface area contributed by atoms with Gasteiger partial charge in [-0.3, -0.25) is 0 Å². The maximum atomic E-state index is 10.8. The maximum Gasteiger partial charge on any atom is 0.120 e. The smallest absolute Gasteiger partial charge is 0.120 e. The van der Waals surface area contributed by atoms with Gasteiger partial charge in [-0.15, -0.1) is 0 Å². The van der Waals surface area contributed by atoms with Crippen LogP contribution in [0, 0.1) is 0 Å². The molecule has 0 radical (unpaired) electrons. The summed E-state index contributed by atoms with van der Waals surface area (Å²) in [7, 11) is 0. The second-order valence-electron chi connectivity index (χ2n) is 6.70. The van der Waals surface area contributed by atoms with Crippen molar-refractivity contribution in [1.82, 2.24) is 0 Å². The van der Waals surface area contributed by atoms with Crippen molar-refractivity contribution in [3.05, 3.63) is 89.5 Å². The first-order chi connectivity index (χ1) is 11.6. The predicted octanol–water partition coefficient (Wildman–Crippen LogP) is 5.95. The van der Waals surface area contributed by atoms with Crippen LogP contribution >= 0.6 is 0 Å². The third-order valence-electron chi connectivity index (χ3n) is 4.83. The van der Waals surface area contributed by atoms with Gasteiger partial charge in [-0.2, -0.15) is 0 Å². The van der Waals surface area contributed by atoms with E-state index in [-0.39, 0.29) is 5.41 Å². The molecule has 0 saturated carbocycles. The molecule has 0 heterocycles. The molecule has 3 aromatic rings. The minimum absolute atomic E-state index is 0.290. The zero-order chi connectivity index (χ0) is 17.2. The van der Waals surface area contributed by atoms with Crippen molar-refractivity contribution in [2.45, 2.75) is 32.6 Å². The number of aryl methyl sites for hydroxylation is 1. The third-order valence-corrected chi connectivity index (χ3v) is 4.83. The number of aromatic hydroxyl groups is 1. The van der Waals surface area contributed by atoms with Crippen molar-refractivity contribution in [3.8, 4) is 16.9 Å². The number of hydrogen-bond acceptors (Lipinski definition) is 1. The largest absolute Gasteiger partial charge is 0.508 e. The van der Waals surface area contributed by atoms with Gasteiger partial charge in [0.25, 0.3) is 0 Å². The van der Waals surface area contributed by atoms with Crippen LogP contribution in [0.2, 0.25) is 0 Å². The second kappa shape index (κ2) is 6.52. The van der Waals surface area contributed by atoms with Gasteiger partial charge in [-0.1, -0.05) is 87.5 Å². The van der Waals surface area contributed by atoms with E-state index in [4.69, 9.17) is 0 Å². The van der Waals surface area contributed by atoms with Gasteiger partial charge in [0, 0.05) is 11.0 Å². The van der Waals surface area contributed by atoms with E-state index in [1.165, 1.54) is 11.1 Å². The quantitative estimate of drug-likeness (QED) is 0.631. The van der Waals surface area contributed by atoms with E-state index in [0.29, 0.717) is 5.75 Å². The Morgan fingerprint density at radius 1 is 0.792 bits per heavy atom. The summed E-state index contributed by atoms with van der Waals surface area (Å²) in [6, 6.07) is 24.7. The fraction of sp³-hybridized carbons (Fsp3) is 0.217. The highest BCUT2D eigenvalue weighted by atomic mass is 16.3. The molecule has 0 aliphatic rings. The van der Waals surface area contributed by atoms with Gasteiger partial charge in [0.1, 0.15) is 5.75 Å². The van der Waals surface area contributed by atoms with Gasteiger partial charge in [-0.05, 0) is 34.7 Å². The first-order valence-electron chi connectivity index (χ1n) is 8.52. The van der Waals surface area contributed by atoms with Gasteiger partial charge >= 0.3 is 0 Å². The Labute approximate surface area is 144 Å². The molecule has 0 bridgehead atoms. The van der Waals surface area contributed by atoms with Crippen molar-refractivity contribution < 1.29 is 5.11 Å². The lowest BCUT2D eigenvalue weighted by molar-refractivity contribution is 0.453. The van der Waals surface area contributed by atoms with Gasteiger partial charge < -0.3 is 5.11 Å². The fourth-order valence-electron chi connectivity index (χ4n) is 3.50. The molecular formula is C23H24O. The molecule has 3 rings (SSSR count). The lowest BCUT2D eigenvalue weighted by Gasteiger charge is -2.31. The van der Waals surface area contributed by atoms with Crippen LogP contribution in [0.15, 0.2) is 72.8 Å². The monoisotopic (exact) mass is 316 g/mol. The summed E-state index contributed by atoms with van der Waals surface area (Å²) in [6.07, 6.45) is 0.933. The summed E-state index contributed by atoms with van der Waals surface area (Å²) in [5.41, 5.74) is 5.49. The maximum absolute atomic E-state index is 10.8. The van der Waals surface area contributed by atoms with Gasteiger partial charge in [0.05, 0.1) is 0 Å². The van der Waals surface area contributed by atoms with Crippen LogP contribution in [0.5, 0.6) is 5.75 Å². The van der Waals surface area contributed by atoms with Crippen molar-refractivity contribution in [3.63, 3.8) is 0 Å². The van der Waals surface area contributed by atoms with E-state index in [2.05, 4.69) is 69.3 Å². The van der Waals surface area contributed by atoms with E-state index in [9.17, 15) is 5.11 Å². The molecule has 0 atom stereocenters. The highest BCUT2D eigenvalue weighted by Gasteiger charge is 2.30. The summed E-state index contributed by atoms with van der Waals surface area (Å²) >= 11 is 0. The number of hydrogen-bond donors (Lipinski definition) is 1. The molecular weight excluding hydrogens is 292 g/mol. The van der Waals surface area contributed by atoms with E-state index in [0.717, 1.165) is 23.1 Å². The highest BCUT2D eigenvalue weighted by Crippen LogP contribution is 2.44. The van der Waals surface area contributed by atoms with Crippen LogP contribution in [-0.2, 0) is 11.8 Å². The topological polar surface area (TPSA) is 20.2 Å². The first kappa shape index (κ1) is 16.3. The lowest BCUT2D eigenvalue weighted by atomic mass is 9.73. The Morgan fingerprint density at radius 2 is 1.38 bits per heavy atom. The molecule has 0 saturated heterocycles. The Morgan fingerprint density at radius 3 is 1.96 bits per heavy atom. The van der Waals surface area contributed by atoms with Gasteiger partial charge in [-0.25, -0.2) is 0 Å². The van der Waals surface area contributed by atoms with Gasteiger partial charge in [0.2, 0.25) is 0 Å². The minimum atomic E-state index is -0.290. The molecule has 0 unspecified atom stereocenters. The van der Waals surface area contributed by atoms with Crippen molar-refractivity contribution in [2.24, 2.45) is 0 Å². The molecule has 0 fully saturated rings. The molecule has 1 heteroatoms. The third kappa shape index (κ3) is 2.82. The van der Waals surface area contributed by atoms with Crippen molar-refractivity contribution >= 4 is 0 Å². The molecule has 1 nitrogen and oxygen atoms in total. The summed E-state index contributed by atoms with van der Waals surface area (Å²) in [6.45, 7) is 6.53. The molecule has 0 aromatic heterocycles. The molecule has 0 amide bonds. The summed E-state index contributed by atoms with van der Waals surface area (Å²) < 4.78 is 0. The van der Waals surface area contributed by atoms with Crippen LogP contribution in [-0.4, -0.2) is 5.11 Å². The second-order valence-corrected chi connectivity index (χ2v) is 6.70. The Bertz CT molecular complexity index is 817. The zero-order valence-corrected chi connectivity index (χ0v) is 14.6. The SMILES string of the molecule is CCc1ccc(O)c(C(C)(C)c2ccccc2)c1-c1ccccc1. The van der Waals surface area contributed by atoms with E-state index in [1.807, 2.05) is 24.3 Å². The Balaban J connectivity index is 2.32. The first-order valence-corrected chi connectivity index (χ1v) is 8.52. The highest BCUT2D eigenvalue weighted by molar-refractivity contribution is 5.76. The number of benzene rings is 3. The number of phenols is 1. The molecule has 3 aromatic carbocycles. The zero-order valence-electron chi connectivity index (χ0n) is 14.6. The van der Waals surface area contributed by atoms with E-state index < -0.39 is 0 Å². The lowest BCUT2D eigenvalue weighted by Crippen LogP contribution is -2.21. The number of phenolic OH excluding ortho intramolecular Hbond substituents is 1. The minimum Gasteiger partial charge on any atom is -0.508 e. The normalized spacial score (nSPS) is 11.5. The molecule has 1 N–H and O–H groups in total. The average Bonchev–Trinajstić information content (AvgIpc) is 2.62. The summed E-state index contributed by atoms with van der Waals surface area (Å²) in [5, 5.41) is 10.8. The fourth-order valence-corrected chi connectivity index (χ4v) is 3.50. The van der Waals surface area contributed by atoms with E-state index in [1.54, 1.807) is 0 Å².